The number of nitrogens with one attached hydrogen (secondary N) is 1. The number of carbonyl (C=O) groups is 1. The van der Waals surface area contributed by atoms with E-state index in [2.05, 4.69) is 4.98 Å². The number of aromatic nitrogens is 2. The van der Waals surface area contributed by atoms with Crippen molar-refractivity contribution in [2.45, 2.75) is 43.6 Å². The first kappa shape index (κ1) is 20.8. The van der Waals surface area contributed by atoms with Crippen LogP contribution in [-0.4, -0.2) is 30.7 Å². The molecule has 0 atom stereocenters. The summed E-state index contributed by atoms with van der Waals surface area (Å²) in [5.74, 6) is 0.567. The number of hydrogen-bond donors (Lipinski definition) is 1. The topological polar surface area (TPSA) is 90.3 Å². The molecule has 0 aliphatic heterocycles. The average Bonchev–Trinajstić information content (AvgIpc) is 3.01. The van der Waals surface area contributed by atoms with E-state index in [0.717, 1.165) is 19.3 Å². The van der Waals surface area contributed by atoms with E-state index < -0.39 is 32.1 Å². The molecule has 0 unspecified atom stereocenters. The minimum atomic E-state index is -4.50. The van der Waals surface area contributed by atoms with Crippen molar-refractivity contribution in [2.24, 2.45) is 23.2 Å². The number of ether oxygens (including phenoxy) is 1. The van der Waals surface area contributed by atoms with Gasteiger partial charge in [0.1, 0.15) is 0 Å². The molecule has 0 spiro atoms. The molecule has 0 radical (unpaired) electrons. The van der Waals surface area contributed by atoms with Crippen LogP contribution in [0.15, 0.2) is 35.4 Å². The van der Waals surface area contributed by atoms with Crippen LogP contribution in [0.2, 0.25) is 5.28 Å². The number of rotatable bonds is 6. The summed E-state index contributed by atoms with van der Waals surface area (Å²) < 4.78 is 47.9. The lowest BCUT2D eigenvalue weighted by Gasteiger charge is -2.56. The van der Waals surface area contributed by atoms with Gasteiger partial charge >= 0.3 is 0 Å². The summed E-state index contributed by atoms with van der Waals surface area (Å²) in [6.45, 7) is 0.206. The summed E-state index contributed by atoms with van der Waals surface area (Å²) in [5.41, 5.74) is 0.0766. The second-order valence-corrected chi connectivity index (χ2v) is 11.2. The number of halogens is 2. The highest BCUT2D eigenvalue weighted by Gasteiger charge is 2.51. The first-order valence-electron chi connectivity index (χ1n) is 10.4. The highest BCUT2D eigenvalue weighted by atomic mass is 35.5. The number of nitrogens with zero attached hydrogens (tertiary/aromatic N) is 2. The predicted octanol–water partition coefficient (Wildman–Crippen LogP) is 3.98. The Balaban J connectivity index is 1.37. The van der Waals surface area contributed by atoms with Gasteiger partial charge in [0.05, 0.1) is 6.61 Å². The number of sulfonamides is 1. The molecule has 1 aromatic heterocycles. The zero-order valence-corrected chi connectivity index (χ0v) is 18.3. The van der Waals surface area contributed by atoms with Gasteiger partial charge < -0.3 is 4.74 Å². The molecule has 1 aromatic carbocycles. The molecule has 1 amide bonds. The number of imidazole rings is 1. The fourth-order valence-electron chi connectivity index (χ4n) is 6.14. The van der Waals surface area contributed by atoms with Crippen LogP contribution in [0.5, 0.6) is 5.88 Å². The Bertz CT molecular complexity index is 1080. The number of amides is 1. The van der Waals surface area contributed by atoms with Crippen LogP contribution in [0, 0.1) is 23.2 Å². The predicted molar refractivity (Wildman–Crippen MR) is 111 cm³/mol. The lowest BCUT2D eigenvalue weighted by molar-refractivity contribution is -0.0768. The Morgan fingerprint density at radius 1 is 1.16 bits per heavy atom. The van der Waals surface area contributed by atoms with Crippen molar-refractivity contribution in [2.75, 3.05) is 6.61 Å². The van der Waals surface area contributed by atoms with Gasteiger partial charge in [-0.1, -0.05) is 22.7 Å². The Hall–Kier alpha value is -2.13. The second-order valence-electron chi connectivity index (χ2n) is 9.28. The molecule has 6 rings (SSSR count). The van der Waals surface area contributed by atoms with Crippen LogP contribution in [0.4, 0.5) is 4.48 Å². The lowest BCUT2D eigenvalue weighted by atomic mass is 9.50. The van der Waals surface area contributed by atoms with E-state index in [-0.39, 0.29) is 22.4 Å². The van der Waals surface area contributed by atoms with Crippen molar-refractivity contribution in [1.82, 2.24) is 14.5 Å². The molecule has 2 aromatic rings. The minimum absolute atomic E-state index is 0.0696. The van der Waals surface area contributed by atoms with Gasteiger partial charge in [-0.2, -0.15) is 13.4 Å². The van der Waals surface area contributed by atoms with Crippen molar-refractivity contribution in [3.8, 4) is 5.88 Å². The molecule has 4 aliphatic rings. The third kappa shape index (κ3) is 3.82. The van der Waals surface area contributed by atoms with Gasteiger partial charge in [-0.15, -0.1) is 4.79 Å². The highest BCUT2D eigenvalue weighted by Crippen LogP contribution is 2.60. The number of carbonyl (C=O) groups excluding carboxylic acids is 1. The van der Waals surface area contributed by atoms with E-state index in [1.807, 2.05) is 4.72 Å². The quantitative estimate of drug-likeness (QED) is 0.693. The highest BCUT2D eigenvalue weighted by molar-refractivity contribution is 7.90. The van der Waals surface area contributed by atoms with Crippen molar-refractivity contribution in [3.63, 3.8) is 0 Å². The number of benzene rings is 1. The van der Waals surface area contributed by atoms with Gasteiger partial charge in [0.2, 0.25) is 10.3 Å². The Morgan fingerprint density at radius 2 is 1.74 bits per heavy atom. The molecule has 166 valence electrons. The fraction of sp³-hybridized carbons (Fsp3) is 0.524. The molecular weight excluding hydrogens is 445 g/mol. The summed E-state index contributed by atoms with van der Waals surface area (Å²) in [7, 11) is -4.50. The van der Waals surface area contributed by atoms with Crippen molar-refractivity contribution >= 4 is 27.5 Å². The maximum atomic E-state index is 14.6. The van der Waals surface area contributed by atoms with Crippen molar-refractivity contribution in [1.29, 1.82) is 0 Å². The second kappa shape index (κ2) is 7.48. The van der Waals surface area contributed by atoms with Gasteiger partial charge in [0, 0.05) is 11.0 Å². The zero-order valence-electron chi connectivity index (χ0n) is 16.8. The Labute approximate surface area is 184 Å². The molecule has 1 N–H and O–H groups in total. The third-order valence-corrected chi connectivity index (χ3v) is 8.38. The van der Waals surface area contributed by atoms with Gasteiger partial charge in [0.25, 0.3) is 21.8 Å². The zero-order chi connectivity index (χ0) is 21.8. The first-order valence-corrected chi connectivity index (χ1v) is 12.3. The summed E-state index contributed by atoms with van der Waals surface area (Å²) in [4.78, 5) is 15.9. The summed E-state index contributed by atoms with van der Waals surface area (Å²) in [5, 5.41) is -1.40. The fourth-order valence-corrected chi connectivity index (χ4v) is 7.39. The van der Waals surface area contributed by atoms with E-state index in [9.17, 15) is 17.7 Å². The lowest BCUT2D eigenvalue weighted by Crippen LogP contribution is -2.48. The molecule has 31 heavy (non-hydrogen) atoms. The van der Waals surface area contributed by atoms with Crippen LogP contribution in [-0.2, 0) is 10.0 Å². The standard InChI is InChI=1S/C21H23ClFN3O4S/c22-20-24-18(31(28,29)25-17(27)16-4-2-1-3-5-16)19(26(20)23)30-12-21-9-13-6-14(10-21)8-15(7-13)11-21/h1-5,13-15H,6-12H2,(H,25,27). The smallest absolute Gasteiger partial charge is 0.287 e. The molecule has 4 aliphatic carbocycles. The summed E-state index contributed by atoms with van der Waals surface area (Å²) >= 11 is 5.77. The number of hydrogen-bond acceptors (Lipinski definition) is 5. The van der Waals surface area contributed by atoms with Crippen molar-refractivity contribution in [3.05, 3.63) is 41.2 Å². The van der Waals surface area contributed by atoms with Crippen LogP contribution in [0.3, 0.4) is 0 Å². The van der Waals surface area contributed by atoms with Crippen LogP contribution in [0.25, 0.3) is 0 Å². The Morgan fingerprint density at radius 3 is 2.32 bits per heavy atom. The van der Waals surface area contributed by atoms with E-state index in [1.165, 1.54) is 31.4 Å². The molecule has 4 fully saturated rings. The maximum absolute atomic E-state index is 14.6. The van der Waals surface area contributed by atoms with Gasteiger partial charge in [-0.3, -0.25) is 4.79 Å². The minimum Gasteiger partial charge on any atom is -0.474 e. The van der Waals surface area contributed by atoms with Crippen LogP contribution in [0.1, 0.15) is 48.9 Å². The van der Waals surface area contributed by atoms with Gasteiger partial charge in [-0.25, -0.2) is 4.72 Å². The molecule has 0 saturated heterocycles. The molecule has 4 bridgehead atoms. The largest absolute Gasteiger partial charge is 0.474 e. The monoisotopic (exact) mass is 467 g/mol. The van der Waals surface area contributed by atoms with E-state index in [1.54, 1.807) is 18.2 Å². The van der Waals surface area contributed by atoms with E-state index >= 15 is 0 Å². The first-order chi connectivity index (χ1) is 14.7. The SMILES string of the molecule is O=C(NS(=O)(=O)c1nc(Cl)n(F)c1OCC12CC3CC(CC(C3)C1)C2)c1ccccc1. The van der Waals surface area contributed by atoms with E-state index in [4.69, 9.17) is 16.3 Å². The molecule has 1 heterocycles. The van der Waals surface area contributed by atoms with Crippen molar-refractivity contribution < 1.29 is 22.4 Å². The molecular formula is C21H23ClFN3O4S. The summed E-state index contributed by atoms with van der Waals surface area (Å²) in [6.07, 6.45) is 6.78. The van der Waals surface area contributed by atoms with Crippen LogP contribution >= 0.6 is 11.6 Å². The van der Waals surface area contributed by atoms with Gasteiger partial charge in [0.15, 0.2) is 0 Å². The molecule has 10 heteroatoms. The normalized spacial score (nSPS) is 29.2. The van der Waals surface area contributed by atoms with Crippen LogP contribution < -0.4 is 9.46 Å². The Kier molecular flexibility index (Phi) is 5.01. The molecule has 4 saturated carbocycles. The van der Waals surface area contributed by atoms with Gasteiger partial charge in [-0.05, 0) is 80.0 Å². The average molecular weight is 468 g/mol. The van der Waals surface area contributed by atoms with E-state index in [0.29, 0.717) is 17.8 Å². The molecule has 7 nitrogen and oxygen atoms in total. The third-order valence-electron chi connectivity index (χ3n) is 6.91. The maximum Gasteiger partial charge on any atom is 0.287 e. The summed E-state index contributed by atoms with van der Waals surface area (Å²) in [6, 6.07) is 7.85.